The quantitative estimate of drug-likeness (QED) is 0.743. The summed E-state index contributed by atoms with van der Waals surface area (Å²) in [6, 6.07) is 0. The highest BCUT2D eigenvalue weighted by Crippen LogP contribution is 2.26. The first-order valence-corrected chi connectivity index (χ1v) is 5.29. The highest BCUT2D eigenvalue weighted by atomic mass is 79.9. The number of halogens is 1. The molecular formula is C9H11BrN4O. The van der Waals surface area contributed by atoms with Crippen LogP contribution in [0, 0.1) is 0 Å². The van der Waals surface area contributed by atoms with E-state index in [1.807, 2.05) is 20.8 Å². The topological polar surface area (TPSA) is 63.3 Å². The molecule has 1 N–H and O–H groups in total. The monoisotopic (exact) mass is 270 g/mol. The van der Waals surface area contributed by atoms with Crippen molar-refractivity contribution in [3.05, 3.63) is 16.8 Å². The van der Waals surface area contributed by atoms with Crippen LogP contribution in [-0.4, -0.2) is 24.7 Å². The van der Waals surface area contributed by atoms with Crippen LogP contribution in [0.4, 0.5) is 0 Å². The lowest BCUT2D eigenvalue weighted by molar-refractivity contribution is 0.472. The fraction of sp³-hybridized carbons (Fsp3) is 0.444. The summed E-state index contributed by atoms with van der Waals surface area (Å²) in [4.78, 5) is 4.00. The molecule has 15 heavy (non-hydrogen) atoms. The number of hydrogen-bond acceptors (Lipinski definition) is 4. The standard InChI is InChI=1S/C9H11BrN4O/c1-9(2,3)7-13-12-6-5(15)4-11-8(10)14(6)7/h4,15H,1-3H3. The number of nitrogens with zero attached hydrogens (tertiary/aromatic N) is 4. The Morgan fingerprint density at radius 3 is 2.60 bits per heavy atom. The summed E-state index contributed by atoms with van der Waals surface area (Å²) in [6.45, 7) is 6.08. The summed E-state index contributed by atoms with van der Waals surface area (Å²) in [5.41, 5.74) is 0.263. The van der Waals surface area contributed by atoms with Gasteiger partial charge in [0.15, 0.2) is 10.5 Å². The molecule has 2 heterocycles. The molecule has 0 bridgehead atoms. The predicted octanol–water partition coefficient (Wildman–Crippen LogP) is 1.89. The molecule has 2 aromatic rings. The van der Waals surface area contributed by atoms with E-state index >= 15 is 0 Å². The Balaban J connectivity index is 2.85. The Kier molecular flexibility index (Phi) is 2.18. The van der Waals surface area contributed by atoms with E-state index in [4.69, 9.17) is 0 Å². The van der Waals surface area contributed by atoms with Crippen LogP contribution in [0.1, 0.15) is 26.6 Å². The lowest BCUT2D eigenvalue weighted by Crippen LogP contribution is -2.16. The number of aromatic hydroxyl groups is 1. The van der Waals surface area contributed by atoms with E-state index in [0.717, 1.165) is 5.82 Å². The minimum atomic E-state index is -0.155. The average molecular weight is 271 g/mol. The van der Waals surface area contributed by atoms with Gasteiger partial charge < -0.3 is 5.11 Å². The summed E-state index contributed by atoms with van der Waals surface area (Å²) >= 11 is 3.31. The molecule has 0 aliphatic rings. The Morgan fingerprint density at radius 1 is 1.33 bits per heavy atom. The Morgan fingerprint density at radius 2 is 2.00 bits per heavy atom. The molecule has 0 unspecified atom stereocenters. The number of aromatic nitrogens is 4. The first-order chi connectivity index (χ1) is 6.91. The van der Waals surface area contributed by atoms with E-state index in [-0.39, 0.29) is 11.2 Å². The third-order valence-electron chi connectivity index (χ3n) is 2.04. The molecule has 0 saturated carbocycles. The van der Waals surface area contributed by atoms with E-state index < -0.39 is 0 Å². The third-order valence-corrected chi connectivity index (χ3v) is 2.60. The van der Waals surface area contributed by atoms with Crippen molar-refractivity contribution in [1.82, 2.24) is 19.6 Å². The Hall–Kier alpha value is -1.17. The number of hydrogen-bond donors (Lipinski definition) is 1. The molecule has 0 atom stereocenters. The van der Waals surface area contributed by atoms with Crippen LogP contribution < -0.4 is 0 Å². The fourth-order valence-corrected chi connectivity index (χ4v) is 1.78. The van der Waals surface area contributed by atoms with Gasteiger partial charge >= 0.3 is 0 Å². The number of rotatable bonds is 0. The van der Waals surface area contributed by atoms with Crippen molar-refractivity contribution < 1.29 is 5.11 Å². The maximum Gasteiger partial charge on any atom is 0.206 e. The zero-order valence-corrected chi connectivity index (χ0v) is 10.3. The smallest absolute Gasteiger partial charge is 0.206 e. The molecule has 0 aliphatic heterocycles. The van der Waals surface area contributed by atoms with Crippen molar-refractivity contribution >= 4 is 21.6 Å². The molecule has 5 nitrogen and oxygen atoms in total. The van der Waals surface area contributed by atoms with Gasteiger partial charge in [-0.25, -0.2) is 4.98 Å². The molecule has 0 saturated heterocycles. The van der Waals surface area contributed by atoms with Gasteiger partial charge in [0.1, 0.15) is 5.82 Å². The zero-order valence-electron chi connectivity index (χ0n) is 8.69. The van der Waals surface area contributed by atoms with Gasteiger partial charge in [-0.1, -0.05) is 20.8 Å². The van der Waals surface area contributed by atoms with E-state index in [0.29, 0.717) is 10.4 Å². The van der Waals surface area contributed by atoms with Crippen molar-refractivity contribution in [2.45, 2.75) is 26.2 Å². The van der Waals surface area contributed by atoms with Crippen LogP contribution in [0.5, 0.6) is 5.75 Å². The van der Waals surface area contributed by atoms with E-state index in [9.17, 15) is 5.11 Å². The second kappa shape index (κ2) is 3.16. The zero-order chi connectivity index (χ0) is 11.2. The number of fused-ring (bicyclic) bond motifs is 1. The van der Waals surface area contributed by atoms with Gasteiger partial charge in [-0.15, -0.1) is 10.2 Å². The molecule has 0 fully saturated rings. The van der Waals surface area contributed by atoms with Crippen LogP contribution >= 0.6 is 15.9 Å². The van der Waals surface area contributed by atoms with Gasteiger partial charge in [-0.05, 0) is 15.9 Å². The largest absolute Gasteiger partial charge is 0.503 e. The maximum absolute atomic E-state index is 9.57. The van der Waals surface area contributed by atoms with Gasteiger partial charge in [-0.3, -0.25) is 4.40 Å². The molecular weight excluding hydrogens is 260 g/mol. The highest BCUT2D eigenvalue weighted by Gasteiger charge is 2.23. The molecule has 0 radical (unpaired) electrons. The maximum atomic E-state index is 9.57. The van der Waals surface area contributed by atoms with Crippen molar-refractivity contribution in [2.24, 2.45) is 0 Å². The molecule has 2 aromatic heterocycles. The summed E-state index contributed by atoms with van der Waals surface area (Å²) in [7, 11) is 0. The first-order valence-electron chi connectivity index (χ1n) is 4.50. The lowest BCUT2D eigenvalue weighted by atomic mass is 9.96. The van der Waals surface area contributed by atoms with Crippen LogP contribution in [0.2, 0.25) is 0 Å². The Labute approximate surface area is 95.3 Å². The minimum Gasteiger partial charge on any atom is -0.503 e. The fourth-order valence-electron chi connectivity index (χ4n) is 1.34. The summed E-state index contributed by atoms with van der Waals surface area (Å²) in [6.07, 6.45) is 1.35. The summed E-state index contributed by atoms with van der Waals surface area (Å²) in [5.74, 6) is 0.786. The van der Waals surface area contributed by atoms with Crippen molar-refractivity contribution in [3.8, 4) is 5.75 Å². The lowest BCUT2D eigenvalue weighted by Gasteiger charge is -2.15. The van der Waals surface area contributed by atoms with Gasteiger partial charge in [0, 0.05) is 5.41 Å². The minimum absolute atomic E-state index is 0.0289. The normalized spacial score (nSPS) is 12.3. The average Bonchev–Trinajstić information content (AvgIpc) is 2.55. The SMILES string of the molecule is CC(C)(C)c1nnc2c(O)cnc(Br)n12. The van der Waals surface area contributed by atoms with Crippen LogP contribution in [0.25, 0.3) is 5.65 Å². The van der Waals surface area contributed by atoms with Gasteiger partial charge in [0.05, 0.1) is 6.20 Å². The molecule has 0 spiro atoms. The first kappa shape index (κ1) is 10.4. The van der Waals surface area contributed by atoms with Crippen LogP contribution in [-0.2, 0) is 5.41 Å². The summed E-state index contributed by atoms with van der Waals surface area (Å²) < 4.78 is 2.29. The van der Waals surface area contributed by atoms with Crippen molar-refractivity contribution in [2.75, 3.05) is 0 Å². The van der Waals surface area contributed by atoms with Crippen LogP contribution in [0.15, 0.2) is 10.9 Å². The van der Waals surface area contributed by atoms with Gasteiger partial charge in [0.25, 0.3) is 0 Å². The van der Waals surface area contributed by atoms with E-state index in [2.05, 4.69) is 31.1 Å². The highest BCUT2D eigenvalue weighted by molar-refractivity contribution is 9.10. The third kappa shape index (κ3) is 1.58. The van der Waals surface area contributed by atoms with Gasteiger partial charge in [0.2, 0.25) is 5.65 Å². The molecule has 80 valence electrons. The van der Waals surface area contributed by atoms with E-state index in [1.165, 1.54) is 6.20 Å². The predicted molar refractivity (Wildman–Crippen MR) is 58.8 cm³/mol. The second-order valence-corrected chi connectivity index (χ2v) is 5.05. The molecule has 0 aliphatic carbocycles. The molecule has 6 heteroatoms. The molecule has 0 aromatic carbocycles. The second-order valence-electron chi connectivity index (χ2n) is 4.35. The Bertz CT molecular complexity index is 515. The molecule has 2 rings (SSSR count). The van der Waals surface area contributed by atoms with E-state index in [1.54, 1.807) is 4.40 Å². The summed E-state index contributed by atoms with van der Waals surface area (Å²) in [5, 5.41) is 17.6. The van der Waals surface area contributed by atoms with Crippen molar-refractivity contribution in [1.29, 1.82) is 0 Å². The molecule has 0 amide bonds. The van der Waals surface area contributed by atoms with Crippen molar-refractivity contribution in [3.63, 3.8) is 0 Å². The van der Waals surface area contributed by atoms with Crippen LogP contribution in [0.3, 0.4) is 0 Å². The van der Waals surface area contributed by atoms with Gasteiger partial charge in [-0.2, -0.15) is 0 Å².